The monoisotopic (exact) mass is 415 g/mol. The average Bonchev–Trinajstić information content (AvgIpc) is 3.04. The SMILES string of the molecule is CC(=O)Nc1cccc(NC(=O)[C@@H]2CCC(=O)N2S(=O)(=O)c2ccc(C)cc2)c1. The first-order valence-electron chi connectivity index (χ1n) is 9.01. The minimum Gasteiger partial charge on any atom is -0.326 e. The predicted octanol–water partition coefficient (Wildman–Crippen LogP) is 2.27. The van der Waals surface area contributed by atoms with Gasteiger partial charge in [0.25, 0.3) is 10.0 Å². The van der Waals surface area contributed by atoms with Crippen molar-refractivity contribution in [1.82, 2.24) is 4.31 Å². The van der Waals surface area contributed by atoms with Gasteiger partial charge < -0.3 is 10.6 Å². The maximum atomic E-state index is 13.0. The smallest absolute Gasteiger partial charge is 0.267 e. The summed E-state index contributed by atoms with van der Waals surface area (Å²) in [6, 6.07) is 11.4. The molecule has 2 aromatic carbocycles. The highest BCUT2D eigenvalue weighted by molar-refractivity contribution is 7.89. The highest BCUT2D eigenvalue weighted by Crippen LogP contribution is 2.28. The van der Waals surface area contributed by atoms with Crippen LogP contribution in [0.4, 0.5) is 11.4 Å². The molecule has 0 aliphatic carbocycles. The second kappa shape index (κ2) is 8.04. The maximum absolute atomic E-state index is 13.0. The van der Waals surface area contributed by atoms with E-state index in [-0.39, 0.29) is 23.6 Å². The predicted molar refractivity (Wildman–Crippen MR) is 108 cm³/mol. The van der Waals surface area contributed by atoms with E-state index in [1.807, 2.05) is 6.92 Å². The van der Waals surface area contributed by atoms with Gasteiger partial charge in [0.2, 0.25) is 17.7 Å². The molecule has 152 valence electrons. The molecule has 1 fully saturated rings. The van der Waals surface area contributed by atoms with E-state index in [1.54, 1.807) is 36.4 Å². The number of sulfonamides is 1. The fourth-order valence-corrected chi connectivity index (χ4v) is 4.73. The van der Waals surface area contributed by atoms with Crippen LogP contribution in [0.25, 0.3) is 0 Å². The van der Waals surface area contributed by atoms with Crippen molar-refractivity contribution in [1.29, 1.82) is 0 Å². The number of amides is 3. The van der Waals surface area contributed by atoms with Crippen molar-refractivity contribution in [2.24, 2.45) is 0 Å². The summed E-state index contributed by atoms with van der Waals surface area (Å²) in [5.41, 5.74) is 1.75. The number of anilines is 2. The highest BCUT2D eigenvalue weighted by atomic mass is 32.2. The molecule has 1 aliphatic rings. The third kappa shape index (κ3) is 4.45. The molecule has 9 heteroatoms. The second-order valence-electron chi connectivity index (χ2n) is 6.81. The van der Waals surface area contributed by atoms with Crippen LogP contribution in [-0.2, 0) is 24.4 Å². The second-order valence-corrected chi connectivity index (χ2v) is 8.63. The third-order valence-electron chi connectivity index (χ3n) is 4.49. The number of hydrogen-bond donors (Lipinski definition) is 2. The zero-order chi connectivity index (χ0) is 21.2. The zero-order valence-electron chi connectivity index (χ0n) is 16.0. The van der Waals surface area contributed by atoms with Gasteiger partial charge in [-0.05, 0) is 43.7 Å². The normalized spacial score (nSPS) is 16.6. The Labute approximate surface area is 169 Å². The summed E-state index contributed by atoms with van der Waals surface area (Å²) in [5.74, 6) is -1.48. The zero-order valence-corrected chi connectivity index (χ0v) is 16.8. The first-order chi connectivity index (χ1) is 13.7. The van der Waals surface area contributed by atoms with Gasteiger partial charge in [-0.25, -0.2) is 12.7 Å². The number of benzene rings is 2. The molecule has 0 spiro atoms. The number of carbonyl (C=O) groups is 3. The van der Waals surface area contributed by atoms with Gasteiger partial charge in [-0.2, -0.15) is 0 Å². The van der Waals surface area contributed by atoms with E-state index in [0.29, 0.717) is 15.7 Å². The van der Waals surface area contributed by atoms with E-state index in [4.69, 9.17) is 0 Å². The molecule has 1 aliphatic heterocycles. The van der Waals surface area contributed by atoms with E-state index in [0.717, 1.165) is 5.56 Å². The third-order valence-corrected chi connectivity index (χ3v) is 6.34. The molecule has 0 saturated carbocycles. The van der Waals surface area contributed by atoms with Crippen LogP contribution < -0.4 is 10.6 Å². The average molecular weight is 415 g/mol. The molecule has 1 heterocycles. The molecule has 0 radical (unpaired) electrons. The minimum atomic E-state index is -4.15. The van der Waals surface area contributed by atoms with Crippen molar-refractivity contribution < 1.29 is 22.8 Å². The van der Waals surface area contributed by atoms with Crippen LogP contribution in [-0.4, -0.2) is 36.5 Å². The summed E-state index contributed by atoms with van der Waals surface area (Å²) in [5, 5.41) is 5.24. The fourth-order valence-electron chi connectivity index (χ4n) is 3.13. The van der Waals surface area contributed by atoms with Crippen LogP contribution in [0.2, 0.25) is 0 Å². The standard InChI is InChI=1S/C20H21N3O5S/c1-13-6-8-17(9-7-13)29(27,28)23-18(10-11-19(23)25)20(26)22-16-5-3-4-15(12-16)21-14(2)24/h3-9,12,18H,10-11H2,1-2H3,(H,21,24)(H,22,26)/t18-/m0/s1. The van der Waals surface area contributed by atoms with Gasteiger partial charge in [0.15, 0.2) is 0 Å². The lowest BCUT2D eigenvalue weighted by molar-refractivity contribution is -0.128. The fraction of sp³-hybridized carbons (Fsp3) is 0.250. The molecule has 2 aromatic rings. The minimum absolute atomic E-state index is 0.0326. The topological polar surface area (TPSA) is 113 Å². The quantitative estimate of drug-likeness (QED) is 0.778. The van der Waals surface area contributed by atoms with Gasteiger partial charge in [0, 0.05) is 24.7 Å². The van der Waals surface area contributed by atoms with E-state index in [9.17, 15) is 22.8 Å². The highest BCUT2D eigenvalue weighted by Gasteiger charge is 2.44. The Morgan fingerprint density at radius 1 is 1.03 bits per heavy atom. The molecule has 0 bridgehead atoms. The first-order valence-corrected chi connectivity index (χ1v) is 10.4. The largest absolute Gasteiger partial charge is 0.326 e. The molecule has 2 N–H and O–H groups in total. The van der Waals surface area contributed by atoms with Gasteiger partial charge in [0.05, 0.1) is 4.90 Å². The molecular weight excluding hydrogens is 394 g/mol. The van der Waals surface area contributed by atoms with Crippen molar-refractivity contribution in [2.45, 2.75) is 37.6 Å². The van der Waals surface area contributed by atoms with Crippen LogP contribution in [0, 0.1) is 6.92 Å². The van der Waals surface area contributed by atoms with E-state index >= 15 is 0 Å². The number of nitrogens with zero attached hydrogens (tertiary/aromatic N) is 1. The Morgan fingerprint density at radius 2 is 1.66 bits per heavy atom. The summed E-state index contributed by atoms with van der Waals surface area (Å²) >= 11 is 0. The van der Waals surface area contributed by atoms with Crippen molar-refractivity contribution in [3.05, 3.63) is 54.1 Å². The van der Waals surface area contributed by atoms with Crippen molar-refractivity contribution in [3.63, 3.8) is 0 Å². The summed E-state index contributed by atoms with van der Waals surface area (Å²) in [4.78, 5) is 36.3. The first kappa shape index (κ1) is 20.5. The van der Waals surface area contributed by atoms with Gasteiger partial charge in [-0.3, -0.25) is 14.4 Å². The number of nitrogens with one attached hydrogen (secondary N) is 2. The number of aryl methyl sites for hydroxylation is 1. The lowest BCUT2D eigenvalue weighted by Gasteiger charge is -2.24. The van der Waals surface area contributed by atoms with Crippen LogP contribution in [0.15, 0.2) is 53.4 Å². The molecule has 8 nitrogen and oxygen atoms in total. The summed E-state index contributed by atoms with van der Waals surface area (Å²) in [6.45, 7) is 3.19. The Balaban J connectivity index is 1.84. The summed E-state index contributed by atoms with van der Waals surface area (Å²) in [6.07, 6.45) is 0.0657. The van der Waals surface area contributed by atoms with E-state index < -0.39 is 27.9 Å². The van der Waals surface area contributed by atoms with Gasteiger partial charge in [-0.1, -0.05) is 23.8 Å². The molecule has 3 amide bonds. The number of hydrogen-bond acceptors (Lipinski definition) is 5. The molecule has 1 saturated heterocycles. The van der Waals surface area contributed by atoms with Crippen molar-refractivity contribution in [3.8, 4) is 0 Å². The van der Waals surface area contributed by atoms with Gasteiger partial charge in [-0.15, -0.1) is 0 Å². The van der Waals surface area contributed by atoms with Crippen LogP contribution in [0.1, 0.15) is 25.3 Å². The van der Waals surface area contributed by atoms with Crippen LogP contribution in [0.3, 0.4) is 0 Å². The lowest BCUT2D eigenvalue weighted by atomic mass is 10.2. The molecule has 0 aromatic heterocycles. The molecule has 0 unspecified atom stereocenters. The van der Waals surface area contributed by atoms with Crippen molar-refractivity contribution in [2.75, 3.05) is 10.6 Å². The van der Waals surface area contributed by atoms with Gasteiger partial charge in [0.1, 0.15) is 6.04 Å². The molecule has 3 rings (SSSR count). The number of carbonyl (C=O) groups excluding carboxylic acids is 3. The molecular formula is C20H21N3O5S. The molecule has 1 atom stereocenters. The van der Waals surface area contributed by atoms with Crippen molar-refractivity contribution >= 4 is 39.1 Å². The van der Waals surface area contributed by atoms with Crippen LogP contribution in [0.5, 0.6) is 0 Å². The Bertz CT molecular complexity index is 1060. The Morgan fingerprint density at radius 3 is 2.28 bits per heavy atom. The Hall–Kier alpha value is -3.20. The summed E-state index contributed by atoms with van der Waals surface area (Å²) in [7, 11) is -4.15. The van der Waals surface area contributed by atoms with Crippen LogP contribution >= 0.6 is 0 Å². The molecule has 29 heavy (non-hydrogen) atoms. The lowest BCUT2D eigenvalue weighted by Crippen LogP contribution is -2.45. The Kier molecular flexibility index (Phi) is 5.69. The maximum Gasteiger partial charge on any atom is 0.267 e. The van der Waals surface area contributed by atoms with Gasteiger partial charge >= 0.3 is 0 Å². The van der Waals surface area contributed by atoms with E-state index in [1.165, 1.54) is 19.1 Å². The summed E-state index contributed by atoms with van der Waals surface area (Å²) < 4.78 is 26.6. The number of rotatable bonds is 5. The van der Waals surface area contributed by atoms with E-state index in [2.05, 4.69) is 10.6 Å².